The molecule has 0 unspecified atom stereocenters. The number of hydrazine groups is 1. The monoisotopic (exact) mass is 947 g/mol. The molecule has 2 aromatic carbocycles. The summed E-state index contributed by atoms with van der Waals surface area (Å²) in [7, 11) is 0. The lowest BCUT2D eigenvalue weighted by Gasteiger charge is -2.60. The average Bonchev–Trinajstić information content (AvgIpc) is 3.13. The van der Waals surface area contributed by atoms with E-state index in [4.69, 9.17) is 9.47 Å². The molecule has 2 aliphatic heterocycles. The number of piperidine rings is 2. The fraction of sp³-hybridized carbons (Fsp3) is 0.737. The molecule has 0 saturated carbocycles. The molecule has 68 heavy (non-hydrogen) atoms. The van der Waals surface area contributed by atoms with Crippen LogP contribution >= 0.6 is 0 Å². The standard InChI is InChI=1S/C57H94N4O7/c1-22-44(62)61(39-33-53(14,15)58-54(16,17)34-39)59-57(68-46(64)26-24-38-31-42(51(8,9)10)48(66)43(32-38)52(11,12)13)35-55(18,19)60(56(20,21)36-57)27-28-67-45(63)25-23-37-29-40(49(2,3)4)47(65)41(30-37)50(5,6)7/h29-32,39,58-59,65-66H,22-28,33-36H2,1-21H3. The van der Waals surface area contributed by atoms with E-state index in [1.54, 1.807) is 5.01 Å². The van der Waals surface area contributed by atoms with Crippen molar-refractivity contribution in [3.63, 3.8) is 0 Å². The van der Waals surface area contributed by atoms with Gasteiger partial charge in [-0.1, -0.05) is 114 Å². The van der Waals surface area contributed by atoms with Crippen LogP contribution in [0.2, 0.25) is 0 Å². The molecule has 2 aromatic rings. The number of nitrogens with one attached hydrogen (secondary N) is 2. The summed E-state index contributed by atoms with van der Waals surface area (Å²) in [6, 6.07) is 7.91. The van der Waals surface area contributed by atoms with Gasteiger partial charge in [0.15, 0.2) is 5.72 Å². The quantitative estimate of drug-likeness (QED) is 0.0822. The highest BCUT2D eigenvalue weighted by Gasteiger charge is 2.56. The third kappa shape index (κ3) is 14.2. The van der Waals surface area contributed by atoms with Crippen LogP contribution in [0, 0.1) is 0 Å². The number of phenols is 2. The van der Waals surface area contributed by atoms with Crippen molar-refractivity contribution >= 4 is 17.8 Å². The first kappa shape index (κ1) is 56.9. The Morgan fingerprint density at radius 2 is 1.03 bits per heavy atom. The Balaban J connectivity index is 1.62. The van der Waals surface area contributed by atoms with Crippen LogP contribution in [-0.2, 0) is 58.4 Å². The summed E-state index contributed by atoms with van der Waals surface area (Å²) in [5.74, 6) is -0.103. The minimum absolute atomic E-state index is 0.0612. The number of phenolic OH excluding ortho intramolecular Hbond substituents is 2. The van der Waals surface area contributed by atoms with Crippen LogP contribution in [0.3, 0.4) is 0 Å². The van der Waals surface area contributed by atoms with Crippen LogP contribution in [0.1, 0.15) is 224 Å². The lowest BCUT2D eigenvalue weighted by Crippen LogP contribution is -2.74. The summed E-state index contributed by atoms with van der Waals surface area (Å²) in [6.07, 6.45) is 3.65. The van der Waals surface area contributed by atoms with E-state index in [1.807, 2.05) is 31.2 Å². The first-order valence-corrected chi connectivity index (χ1v) is 25.4. The van der Waals surface area contributed by atoms with Gasteiger partial charge in [0, 0.05) is 60.8 Å². The molecule has 2 saturated heterocycles. The van der Waals surface area contributed by atoms with E-state index in [-0.39, 0.29) is 82.5 Å². The lowest BCUT2D eigenvalue weighted by molar-refractivity contribution is -0.215. The Kier molecular flexibility index (Phi) is 16.6. The van der Waals surface area contributed by atoms with Gasteiger partial charge in [-0.15, -0.1) is 0 Å². The lowest BCUT2D eigenvalue weighted by atomic mass is 9.74. The van der Waals surface area contributed by atoms with Gasteiger partial charge in [-0.3, -0.25) is 24.3 Å². The Labute approximate surface area is 412 Å². The number of benzene rings is 2. The summed E-state index contributed by atoms with van der Waals surface area (Å²) >= 11 is 0. The number of hydrogen-bond donors (Lipinski definition) is 4. The highest BCUT2D eigenvalue weighted by Crippen LogP contribution is 2.46. The number of rotatable bonds is 14. The summed E-state index contributed by atoms with van der Waals surface area (Å²) in [6.45, 7) is 44.7. The van der Waals surface area contributed by atoms with Gasteiger partial charge in [0.2, 0.25) is 5.91 Å². The van der Waals surface area contributed by atoms with Crippen LogP contribution in [0.15, 0.2) is 24.3 Å². The molecular weight excluding hydrogens is 853 g/mol. The van der Waals surface area contributed by atoms with Crippen molar-refractivity contribution in [3.8, 4) is 11.5 Å². The zero-order valence-corrected chi connectivity index (χ0v) is 46.5. The molecule has 0 spiro atoms. The first-order valence-electron chi connectivity index (χ1n) is 25.4. The molecule has 11 heteroatoms. The van der Waals surface area contributed by atoms with Crippen LogP contribution in [0.25, 0.3) is 0 Å². The van der Waals surface area contributed by atoms with E-state index in [0.717, 1.165) is 33.4 Å². The van der Waals surface area contributed by atoms with Crippen molar-refractivity contribution in [1.29, 1.82) is 0 Å². The zero-order valence-electron chi connectivity index (χ0n) is 46.5. The maximum absolute atomic E-state index is 14.5. The van der Waals surface area contributed by atoms with Gasteiger partial charge in [-0.2, -0.15) is 5.43 Å². The molecule has 0 aliphatic carbocycles. The smallest absolute Gasteiger partial charge is 0.307 e. The zero-order chi connectivity index (χ0) is 52.0. The van der Waals surface area contributed by atoms with Gasteiger partial charge < -0.3 is 25.0 Å². The number of carbonyl (C=O) groups excluding carboxylic acids is 3. The van der Waals surface area contributed by atoms with E-state index in [1.165, 1.54) is 0 Å². The minimum Gasteiger partial charge on any atom is -0.507 e. The number of ether oxygens (including phenoxy) is 2. The van der Waals surface area contributed by atoms with E-state index in [9.17, 15) is 24.6 Å². The third-order valence-corrected chi connectivity index (χ3v) is 14.0. The number of aromatic hydroxyl groups is 2. The van der Waals surface area contributed by atoms with E-state index in [0.29, 0.717) is 56.6 Å². The molecule has 0 bridgehead atoms. The Morgan fingerprint density at radius 1 is 0.662 bits per heavy atom. The highest BCUT2D eigenvalue weighted by molar-refractivity contribution is 5.76. The molecule has 0 atom stereocenters. The average molecular weight is 947 g/mol. The SMILES string of the molecule is CCC(=O)N(NC1(OC(=O)CCc2cc(C(C)(C)C)c(O)c(C(C)(C)C)c2)CC(C)(C)N(CCOC(=O)CCc2cc(C(C)(C)C)c(O)c(C(C)(C)C)c2)C(C)(C)C1)C1CC(C)(C)NC(C)(C)C1. The predicted octanol–water partition coefficient (Wildman–Crippen LogP) is 11.3. The van der Waals surface area contributed by atoms with E-state index in [2.05, 4.69) is 154 Å². The van der Waals surface area contributed by atoms with Crippen LogP contribution in [-0.4, -0.2) is 85.0 Å². The van der Waals surface area contributed by atoms with Gasteiger partial charge >= 0.3 is 11.9 Å². The third-order valence-electron chi connectivity index (χ3n) is 14.0. The molecule has 0 aromatic heterocycles. The maximum atomic E-state index is 14.5. The number of carbonyl (C=O) groups is 3. The van der Waals surface area contributed by atoms with Crippen molar-refractivity contribution in [2.45, 2.75) is 259 Å². The fourth-order valence-corrected chi connectivity index (χ4v) is 11.5. The molecule has 2 heterocycles. The van der Waals surface area contributed by atoms with Gasteiger partial charge in [-0.05, 0) is 136 Å². The van der Waals surface area contributed by atoms with Gasteiger partial charge in [0.05, 0.1) is 6.04 Å². The number of aryl methyl sites for hydroxylation is 2. The second-order valence-corrected chi connectivity index (χ2v) is 27.1. The molecule has 384 valence electrons. The minimum atomic E-state index is -1.26. The summed E-state index contributed by atoms with van der Waals surface area (Å²) in [5, 5.41) is 28.2. The number of hydrogen-bond acceptors (Lipinski definition) is 10. The second kappa shape index (κ2) is 19.9. The molecule has 2 fully saturated rings. The number of amides is 1. The summed E-state index contributed by atoms with van der Waals surface area (Å²) in [5.41, 5.74) is 4.94. The molecule has 0 radical (unpaired) electrons. The summed E-state index contributed by atoms with van der Waals surface area (Å²) in [4.78, 5) is 44.4. The van der Waals surface area contributed by atoms with Crippen LogP contribution < -0.4 is 10.7 Å². The van der Waals surface area contributed by atoms with Crippen molar-refractivity contribution in [3.05, 3.63) is 57.6 Å². The number of likely N-dealkylation sites (tertiary alicyclic amines) is 1. The van der Waals surface area contributed by atoms with Crippen molar-refractivity contribution in [2.24, 2.45) is 0 Å². The molecule has 2 aliphatic rings. The van der Waals surface area contributed by atoms with Gasteiger partial charge in [0.25, 0.3) is 0 Å². The topological polar surface area (TPSA) is 141 Å². The Hall–Kier alpha value is -3.67. The number of nitrogens with zero attached hydrogens (tertiary/aromatic N) is 2. The fourth-order valence-electron chi connectivity index (χ4n) is 11.5. The Morgan fingerprint density at radius 3 is 1.38 bits per heavy atom. The maximum Gasteiger partial charge on any atom is 0.307 e. The molecule has 1 amide bonds. The van der Waals surface area contributed by atoms with Crippen molar-refractivity contribution in [1.82, 2.24) is 20.7 Å². The van der Waals surface area contributed by atoms with Crippen LogP contribution in [0.5, 0.6) is 11.5 Å². The normalized spacial score (nSPS) is 19.6. The van der Waals surface area contributed by atoms with Crippen LogP contribution in [0.4, 0.5) is 0 Å². The van der Waals surface area contributed by atoms with Crippen molar-refractivity contribution < 1.29 is 34.1 Å². The molecule has 4 rings (SSSR count). The van der Waals surface area contributed by atoms with Gasteiger partial charge in [0.1, 0.15) is 18.1 Å². The molecule has 4 N–H and O–H groups in total. The number of esters is 2. The Bertz CT molecular complexity index is 2040. The molecular formula is C57H94N4O7. The largest absolute Gasteiger partial charge is 0.507 e. The van der Waals surface area contributed by atoms with Crippen molar-refractivity contribution in [2.75, 3.05) is 13.2 Å². The van der Waals surface area contributed by atoms with E-state index >= 15 is 0 Å². The van der Waals surface area contributed by atoms with E-state index < -0.39 is 16.8 Å². The highest BCUT2D eigenvalue weighted by atomic mass is 16.6. The predicted molar refractivity (Wildman–Crippen MR) is 276 cm³/mol. The summed E-state index contributed by atoms with van der Waals surface area (Å²) < 4.78 is 12.8. The first-order chi connectivity index (χ1) is 30.6. The second-order valence-electron chi connectivity index (χ2n) is 27.1. The molecule has 11 nitrogen and oxygen atoms in total. The van der Waals surface area contributed by atoms with Gasteiger partial charge in [-0.25, -0.2) is 0 Å².